The Labute approximate surface area is 131 Å². The van der Waals surface area contributed by atoms with Gasteiger partial charge in [-0.1, -0.05) is 17.4 Å². The van der Waals surface area contributed by atoms with E-state index >= 15 is 0 Å². The third-order valence-corrected chi connectivity index (χ3v) is 4.03. The van der Waals surface area contributed by atoms with Crippen LogP contribution < -0.4 is 11.1 Å². The highest BCUT2D eigenvalue weighted by Gasteiger charge is 2.14. The van der Waals surface area contributed by atoms with Crippen LogP contribution in [0.25, 0.3) is 0 Å². The molecule has 22 heavy (non-hydrogen) atoms. The van der Waals surface area contributed by atoms with Crippen LogP contribution in [0.1, 0.15) is 20.9 Å². The Balaban J connectivity index is 1.81. The van der Waals surface area contributed by atoms with Gasteiger partial charge in [0.1, 0.15) is 5.69 Å². The van der Waals surface area contributed by atoms with Gasteiger partial charge in [-0.2, -0.15) is 0 Å². The number of pyridine rings is 1. The SMILES string of the molecule is Cc1cc(N)ccc1Nc1ncc(C(=O)c2ccccn2)s1. The number of hydrogen-bond donors (Lipinski definition) is 2. The van der Waals surface area contributed by atoms with Crippen LogP contribution in [-0.4, -0.2) is 15.8 Å². The van der Waals surface area contributed by atoms with Crippen molar-refractivity contribution in [3.05, 3.63) is 64.9 Å². The Morgan fingerprint density at radius 1 is 1.23 bits per heavy atom. The second kappa shape index (κ2) is 5.95. The number of aryl methyl sites for hydroxylation is 1. The molecule has 3 rings (SSSR count). The Bertz CT molecular complexity index is 814. The minimum Gasteiger partial charge on any atom is -0.399 e. The second-order valence-electron chi connectivity index (χ2n) is 4.77. The summed E-state index contributed by atoms with van der Waals surface area (Å²) in [5.74, 6) is -0.125. The van der Waals surface area contributed by atoms with Crippen molar-refractivity contribution in [3.8, 4) is 0 Å². The van der Waals surface area contributed by atoms with Gasteiger partial charge in [-0.05, 0) is 42.8 Å². The summed E-state index contributed by atoms with van der Waals surface area (Å²) in [5, 5.41) is 3.86. The fraction of sp³-hybridized carbons (Fsp3) is 0.0625. The summed E-state index contributed by atoms with van der Waals surface area (Å²) < 4.78 is 0. The summed E-state index contributed by atoms with van der Waals surface area (Å²) >= 11 is 1.30. The zero-order chi connectivity index (χ0) is 15.5. The number of aromatic nitrogens is 2. The van der Waals surface area contributed by atoms with Gasteiger partial charge in [-0.15, -0.1) is 0 Å². The van der Waals surface area contributed by atoms with E-state index in [0.717, 1.165) is 11.3 Å². The van der Waals surface area contributed by atoms with Gasteiger partial charge in [0.15, 0.2) is 5.13 Å². The van der Waals surface area contributed by atoms with Gasteiger partial charge in [0.25, 0.3) is 0 Å². The van der Waals surface area contributed by atoms with Crippen LogP contribution in [0, 0.1) is 6.92 Å². The molecule has 0 spiro atoms. The second-order valence-corrected chi connectivity index (χ2v) is 5.80. The number of thiazole rings is 1. The van der Waals surface area contributed by atoms with E-state index in [0.29, 0.717) is 21.4 Å². The highest BCUT2D eigenvalue weighted by atomic mass is 32.1. The van der Waals surface area contributed by atoms with E-state index in [1.165, 1.54) is 11.3 Å². The highest BCUT2D eigenvalue weighted by Crippen LogP contribution is 2.26. The number of rotatable bonds is 4. The molecule has 6 heteroatoms. The molecular weight excluding hydrogens is 296 g/mol. The first-order valence-corrected chi connectivity index (χ1v) is 7.50. The number of ketones is 1. The molecule has 1 aromatic carbocycles. The molecule has 0 aliphatic carbocycles. The van der Waals surface area contributed by atoms with Crippen molar-refractivity contribution >= 4 is 33.6 Å². The molecule has 0 amide bonds. The number of hydrogen-bond acceptors (Lipinski definition) is 6. The Morgan fingerprint density at radius 3 is 2.82 bits per heavy atom. The molecule has 0 aliphatic rings. The van der Waals surface area contributed by atoms with E-state index in [4.69, 9.17) is 5.73 Å². The molecule has 2 aromatic heterocycles. The van der Waals surface area contributed by atoms with E-state index < -0.39 is 0 Å². The van der Waals surface area contributed by atoms with Gasteiger partial charge in [0.2, 0.25) is 5.78 Å². The number of nitrogens with zero attached hydrogens (tertiary/aromatic N) is 2. The lowest BCUT2D eigenvalue weighted by atomic mass is 10.2. The lowest BCUT2D eigenvalue weighted by Crippen LogP contribution is -2.00. The molecule has 2 heterocycles. The average molecular weight is 310 g/mol. The first-order valence-electron chi connectivity index (χ1n) is 6.68. The van der Waals surface area contributed by atoms with Crippen molar-refractivity contribution in [3.63, 3.8) is 0 Å². The Kier molecular flexibility index (Phi) is 3.84. The molecule has 0 unspecified atom stereocenters. The number of nitrogens with two attached hydrogens (primary N) is 1. The van der Waals surface area contributed by atoms with Crippen LogP contribution in [0.15, 0.2) is 48.8 Å². The largest absolute Gasteiger partial charge is 0.399 e. The molecule has 0 atom stereocenters. The van der Waals surface area contributed by atoms with Crippen LogP contribution in [0.4, 0.5) is 16.5 Å². The maximum absolute atomic E-state index is 12.3. The quantitative estimate of drug-likeness (QED) is 0.570. The molecule has 0 fully saturated rings. The molecule has 3 N–H and O–H groups in total. The van der Waals surface area contributed by atoms with Crippen molar-refractivity contribution in [2.75, 3.05) is 11.1 Å². The fourth-order valence-corrected chi connectivity index (χ4v) is 2.78. The predicted octanol–water partition coefficient (Wildman–Crippen LogP) is 3.40. The summed E-state index contributed by atoms with van der Waals surface area (Å²) in [4.78, 5) is 21.2. The molecule has 0 radical (unpaired) electrons. The van der Waals surface area contributed by atoms with E-state index in [1.807, 2.05) is 25.1 Å². The number of benzene rings is 1. The predicted molar refractivity (Wildman–Crippen MR) is 88.7 cm³/mol. The van der Waals surface area contributed by atoms with Crippen LogP contribution >= 0.6 is 11.3 Å². The molecule has 5 nitrogen and oxygen atoms in total. The molecule has 3 aromatic rings. The topological polar surface area (TPSA) is 80.9 Å². The minimum absolute atomic E-state index is 0.125. The first kappa shape index (κ1) is 14.2. The summed E-state index contributed by atoms with van der Waals surface area (Å²) in [6.07, 6.45) is 3.17. The third-order valence-electron chi connectivity index (χ3n) is 3.12. The van der Waals surface area contributed by atoms with Gasteiger partial charge in [-0.3, -0.25) is 9.78 Å². The number of nitrogens with one attached hydrogen (secondary N) is 1. The van der Waals surface area contributed by atoms with Crippen molar-refractivity contribution in [2.24, 2.45) is 0 Å². The van der Waals surface area contributed by atoms with Gasteiger partial charge in [0, 0.05) is 17.6 Å². The van der Waals surface area contributed by atoms with E-state index in [2.05, 4.69) is 15.3 Å². The van der Waals surface area contributed by atoms with Crippen molar-refractivity contribution in [1.82, 2.24) is 9.97 Å². The van der Waals surface area contributed by atoms with Crippen LogP contribution in [-0.2, 0) is 0 Å². The lowest BCUT2D eigenvalue weighted by molar-refractivity contribution is 0.103. The van der Waals surface area contributed by atoms with Crippen LogP contribution in [0.3, 0.4) is 0 Å². The molecule has 0 saturated carbocycles. The van der Waals surface area contributed by atoms with Crippen molar-refractivity contribution in [2.45, 2.75) is 6.92 Å². The van der Waals surface area contributed by atoms with Crippen molar-refractivity contribution < 1.29 is 4.79 Å². The molecular formula is C16H14N4OS. The maximum Gasteiger partial charge on any atom is 0.222 e. The fourth-order valence-electron chi connectivity index (χ4n) is 2.00. The minimum atomic E-state index is -0.125. The molecule has 110 valence electrons. The highest BCUT2D eigenvalue weighted by molar-refractivity contribution is 7.17. The summed E-state index contributed by atoms with van der Waals surface area (Å²) in [5.41, 5.74) is 8.81. The van der Waals surface area contributed by atoms with Crippen molar-refractivity contribution in [1.29, 1.82) is 0 Å². The maximum atomic E-state index is 12.3. The Morgan fingerprint density at radius 2 is 2.09 bits per heavy atom. The third kappa shape index (κ3) is 2.96. The zero-order valence-corrected chi connectivity index (χ0v) is 12.7. The van der Waals surface area contributed by atoms with Gasteiger partial charge in [0.05, 0.1) is 11.1 Å². The number of anilines is 3. The Hall–Kier alpha value is -2.73. The zero-order valence-electron chi connectivity index (χ0n) is 11.9. The molecule has 0 bridgehead atoms. The first-order chi connectivity index (χ1) is 10.6. The van der Waals surface area contributed by atoms with Gasteiger partial charge < -0.3 is 11.1 Å². The number of nitrogen functional groups attached to an aromatic ring is 1. The monoisotopic (exact) mass is 310 g/mol. The summed E-state index contributed by atoms with van der Waals surface area (Å²) in [7, 11) is 0. The van der Waals surface area contributed by atoms with Gasteiger partial charge >= 0.3 is 0 Å². The average Bonchev–Trinajstić information content (AvgIpc) is 2.99. The lowest BCUT2D eigenvalue weighted by Gasteiger charge is -2.06. The van der Waals surface area contributed by atoms with E-state index in [9.17, 15) is 4.79 Å². The number of carbonyl (C=O) groups excluding carboxylic acids is 1. The van der Waals surface area contributed by atoms with Gasteiger partial charge in [-0.25, -0.2) is 4.98 Å². The van der Waals surface area contributed by atoms with Crippen LogP contribution in [0.2, 0.25) is 0 Å². The normalized spacial score (nSPS) is 10.4. The smallest absolute Gasteiger partial charge is 0.222 e. The molecule has 0 aliphatic heterocycles. The summed E-state index contributed by atoms with van der Waals surface area (Å²) in [6, 6.07) is 10.9. The van der Waals surface area contributed by atoms with E-state index in [1.54, 1.807) is 30.6 Å². The van der Waals surface area contributed by atoms with E-state index in [-0.39, 0.29) is 5.78 Å². The molecule has 0 saturated heterocycles. The standard InChI is InChI=1S/C16H14N4OS/c1-10-8-11(17)5-6-12(10)20-16-19-9-14(22-16)15(21)13-4-2-3-7-18-13/h2-9H,17H2,1H3,(H,19,20). The summed E-state index contributed by atoms with van der Waals surface area (Å²) in [6.45, 7) is 1.96. The number of carbonyl (C=O) groups is 1. The van der Waals surface area contributed by atoms with Crippen LogP contribution in [0.5, 0.6) is 0 Å².